The van der Waals surface area contributed by atoms with Crippen LogP contribution in [0.15, 0.2) is 41.2 Å². The number of halogens is 1. The van der Waals surface area contributed by atoms with Crippen LogP contribution in [-0.2, 0) is 6.54 Å². The van der Waals surface area contributed by atoms with Crippen molar-refractivity contribution in [2.45, 2.75) is 13.5 Å². The average molecular weight is 248 g/mol. The summed E-state index contributed by atoms with van der Waals surface area (Å²) in [5.74, 6) is -0.384. The van der Waals surface area contributed by atoms with Crippen molar-refractivity contribution in [1.29, 1.82) is 0 Å². The van der Waals surface area contributed by atoms with Crippen LogP contribution in [0.1, 0.15) is 11.1 Å². The van der Waals surface area contributed by atoms with Crippen molar-refractivity contribution in [3.8, 4) is 0 Å². The van der Waals surface area contributed by atoms with Crippen LogP contribution in [0.2, 0.25) is 0 Å². The van der Waals surface area contributed by atoms with Gasteiger partial charge in [0.05, 0.1) is 12.5 Å². The molecule has 2 N–H and O–H groups in total. The van der Waals surface area contributed by atoms with Gasteiger partial charge in [0.2, 0.25) is 0 Å². The van der Waals surface area contributed by atoms with Crippen molar-refractivity contribution < 1.29 is 13.6 Å². The quantitative estimate of drug-likeness (QED) is 0.877. The summed E-state index contributed by atoms with van der Waals surface area (Å²) in [6.45, 7) is 2.15. The Morgan fingerprint density at radius 2 is 2.22 bits per heavy atom. The Labute approximate surface area is 104 Å². The van der Waals surface area contributed by atoms with Crippen molar-refractivity contribution >= 4 is 11.7 Å². The second-order valence-electron chi connectivity index (χ2n) is 3.90. The molecule has 1 aromatic carbocycles. The van der Waals surface area contributed by atoms with Gasteiger partial charge in [-0.05, 0) is 30.7 Å². The van der Waals surface area contributed by atoms with E-state index in [4.69, 9.17) is 4.42 Å². The van der Waals surface area contributed by atoms with E-state index in [-0.39, 0.29) is 11.8 Å². The lowest BCUT2D eigenvalue weighted by Crippen LogP contribution is -2.28. The number of rotatable bonds is 3. The summed E-state index contributed by atoms with van der Waals surface area (Å²) in [5, 5.41) is 5.24. The van der Waals surface area contributed by atoms with Gasteiger partial charge in [-0.1, -0.05) is 6.07 Å². The largest absolute Gasteiger partial charge is 0.472 e. The molecule has 94 valence electrons. The molecule has 0 radical (unpaired) electrons. The molecule has 4 nitrogen and oxygen atoms in total. The molecule has 0 unspecified atom stereocenters. The minimum absolute atomic E-state index is 0.358. The summed E-state index contributed by atoms with van der Waals surface area (Å²) in [7, 11) is 0. The number of carbonyl (C=O) groups is 1. The lowest BCUT2D eigenvalue weighted by molar-refractivity contribution is 0.251. The molecule has 0 fully saturated rings. The third kappa shape index (κ3) is 3.10. The van der Waals surface area contributed by atoms with E-state index < -0.39 is 0 Å². The number of anilines is 1. The number of carbonyl (C=O) groups excluding carboxylic acids is 1. The second kappa shape index (κ2) is 5.35. The van der Waals surface area contributed by atoms with Crippen LogP contribution < -0.4 is 10.6 Å². The number of hydrogen-bond acceptors (Lipinski definition) is 2. The predicted molar refractivity (Wildman–Crippen MR) is 65.7 cm³/mol. The van der Waals surface area contributed by atoms with E-state index in [2.05, 4.69) is 10.6 Å². The maximum absolute atomic E-state index is 13.0. The summed E-state index contributed by atoms with van der Waals surface area (Å²) in [5.41, 5.74) is 2.12. The normalized spacial score (nSPS) is 10.1. The van der Waals surface area contributed by atoms with Gasteiger partial charge in [0.25, 0.3) is 0 Å². The van der Waals surface area contributed by atoms with Crippen molar-refractivity contribution in [3.05, 3.63) is 53.7 Å². The smallest absolute Gasteiger partial charge is 0.319 e. The Hall–Kier alpha value is -2.30. The Morgan fingerprint density at radius 3 is 2.94 bits per heavy atom. The van der Waals surface area contributed by atoms with Gasteiger partial charge in [-0.3, -0.25) is 0 Å². The first kappa shape index (κ1) is 12.2. The number of amides is 2. The number of aryl methyl sites for hydroxylation is 1. The van der Waals surface area contributed by atoms with Crippen LogP contribution in [0, 0.1) is 12.7 Å². The van der Waals surface area contributed by atoms with Crippen molar-refractivity contribution in [3.63, 3.8) is 0 Å². The first-order valence-corrected chi connectivity index (χ1v) is 5.47. The third-order valence-electron chi connectivity index (χ3n) is 2.48. The van der Waals surface area contributed by atoms with Gasteiger partial charge in [-0.2, -0.15) is 0 Å². The van der Waals surface area contributed by atoms with E-state index in [1.165, 1.54) is 18.4 Å². The van der Waals surface area contributed by atoms with Gasteiger partial charge >= 0.3 is 6.03 Å². The topological polar surface area (TPSA) is 54.3 Å². The molecule has 2 rings (SSSR count). The third-order valence-corrected chi connectivity index (χ3v) is 2.48. The Balaban J connectivity index is 1.92. The molecule has 0 saturated carbocycles. The maximum atomic E-state index is 13.0. The molecule has 1 heterocycles. The van der Waals surface area contributed by atoms with Crippen LogP contribution >= 0.6 is 0 Å². The standard InChI is InChI=1S/C13H13FN2O2/c1-9-2-3-11(14)6-12(9)16-13(17)15-7-10-4-5-18-8-10/h2-6,8H,7H2,1H3,(H2,15,16,17). The highest BCUT2D eigenvalue weighted by atomic mass is 19.1. The van der Waals surface area contributed by atoms with E-state index in [9.17, 15) is 9.18 Å². The first-order valence-electron chi connectivity index (χ1n) is 5.47. The minimum Gasteiger partial charge on any atom is -0.472 e. The van der Waals surface area contributed by atoms with Gasteiger partial charge in [0.15, 0.2) is 0 Å². The molecule has 0 aliphatic rings. The van der Waals surface area contributed by atoms with E-state index in [1.807, 2.05) is 0 Å². The molecule has 2 aromatic rings. The summed E-state index contributed by atoms with van der Waals surface area (Å²) in [4.78, 5) is 11.6. The summed E-state index contributed by atoms with van der Waals surface area (Å²) < 4.78 is 17.9. The summed E-state index contributed by atoms with van der Waals surface area (Å²) >= 11 is 0. The van der Waals surface area contributed by atoms with Crippen molar-refractivity contribution in [2.75, 3.05) is 5.32 Å². The highest BCUT2D eigenvalue weighted by Crippen LogP contribution is 2.15. The van der Waals surface area contributed by atoms with Crippen LogP contribution in [0.25, 0.3) is 0 Å². The first-order chi connectivity index (χ1) is 8.65. The van der Waals surface area contributed by atoms with Crippen molar-refractivity contribution in [1.82, 2.24) is 5.32 Å². The Morgan fingerprint density at radius 1 is 1.39 bits per heavy atom. The maximum Gasteiger partial charge on any atom is 0.319 e. The molecule has 0 atom stereocenters. The molecular weight excluding hydrogens is 235 g/mol. The molecule has 18 heavy (non-hydrogen) atoms. The van der Waals surface area contributed by atoms with Crippen LogP contribution in [-0.4, -0.2) is 6.03 Å². The van der Waals surface area contributed by atoms with Gasteiger partial charge < -0.3 is 15.1 Å². The Bertz CT molecular complexity index is 538. The highest BCUT2D eigenvalue weighted by Gasteiger charge is 2.05. The van der Waals surface area contributed by atoms with E-state index in [1.54, 1.807) is 25.3 Å². The number of urea groups is 1. The molecule has 1 aromatic heterocycles. The predicted octanol–water partition coefficient (Wildman–Crippen LogP) is 3.05. The van der Waals surface area contributed by atoms with Gasteiger partial charge in [-0.15, -0.1) is 0 Å². The lowest BCUT2D eigenvalue weighted by atomic mass is 10.2. The lowest BCUT2D eigenvalue weighted by Gasteiger charge is -2.09. The molecule has 0 saturated heterocycles. The zero-order valence-corrected chi connectivity index (χ0v) is 9.87. The number of hydrogen-bond donors (Lipinski definition) is 2. The minimum atomic E-state index is -0.384. The van der Waals surface area contributed by atoms with Gasteiger partial charge in [0, 0.05) is 17.8 Å². The average Bonchev–Trinajstić information content (AvgIpc) is 2.84. The van der Waals surface area contributed by atoms with E-state index in [0.717, 1.165) is 11.1 Å². The molecule has 5 heteroatoms. The fraction of sp³-hybridized carbons (Fsp3) is 0.154. The van der Waals surface area contributed by atoms with Gasteiger partial charge in [-0.25, -0.2) is 9.18 Å². The van der Waals surface area contributed by atoms with Crippen LogP contribution in [0.5, 0.6) is 0 Å². The molecule has 0 bridgehead atoms. The zero-order valence-electron chi connectivity index (χ0n) is 9.87. The van der Waals surface area contributed by atoms with Crippen LogP contribution in [0.3, 0.4) is 0 Å². The SMILES string of the molecule is Cc1ccc(F)cc1NC(=O)NCc1ccoc1. The van der Waals surface area contributed by atoms with Crippen LogP contribution in [0.4, 0.5) is 14.9 Å². The second-order valence-corrected chi connectivity index (χ2v) is 3.90. The van der Waals surface area contributed by atoms with E-state index in [0.29, 0.717) is 12.2 Å². The fourth-order valence-corrected chi connectivity index (χ4v) is 1.47. The summed E-state index contributed by atoms with van der Waals surface area (Å²) in [6, 6.07) is 5.62. The number of benzene rings is 1. The molecule has 0 aliphatic heterocycles. The number of nitrogens with one attached hydrogen (secondary N) is 2. The van der Waals surface area contributed by atoms with Crippen molar-refractivity contribution in [2.24, 2.45) is 0 Å². The molecule has 0 spiro atoms. The Kier molecular flexibility index (Phi) is 3.62. The van der Waals surface area contributed by atoms with E-state index >= 15 is 0 Å². The summed E-state index contributed by atoms with van der Waals surface area (Å²) in [6.07, 6.45) is 3.08. The molecular formula is C13H13FN2O2. The zero-order chi connectivity index (χ0) is 13.0. The van der Waals surface area contributed by atoms with Gasteiger partial charge in [0.1, 0.15) is 5.82 Å². The molecule has 2 amide bonds. The highest BCUT2D eigenvalue weighted by molar-refractivity contribution is 5.89. The molecule has 0 aliphatic carbocycles. The monoisotopic (exact) mass is 248 g/mol. The fourth-order valence-electron chi connectivity index (χ4n) is 1.47. The number of furan rings is 1.